The molecule has 47 heavy (non-hydrogen) atoms. The lowest BCUT2D eigenvalue weighted by Gasteiger charge is -2.33. The summed E-state index contributed by atoms with van der Waals surface area (Å²) in [5.74, 6) is 0.963. The molecule has 3 aromatic carbocycles. The fourth-order valence-electron chi connectivity index (χ4n) is 6.40. The first-order chi connectivity index (χ1) is 22.8. The number of nitriles is 2. The highest BCUT2D eigenvalue weighted by atomic mass is 35.5. The van der Waals surface area contributed by atoms with Crippen molar-refractivity contribution in [1.29, 1.82) is 10.5 Å². The Labute approximate surface area is 285 Å². The van der Waals surface area contributed by atoms with E-state index in [2.05, 4.69) is 9.80 Å². The Balaban J connectivity index is 1.80. The molecule has 0 bridgehead atoms. The summed E-state index contributed by atoms with van der Waals surface area (Å²) in [5.41, 5.74) is 2.12. The lowest BCUT2D eigenvalue weighted by atomic mass is 9.95. The van der Waals surface area contributed by atoms with Gasteiger partial charge in [0.1, 0.15) is 56.3 Å². The molecule has 2 aliphatic heterocycles. The van der Waals surface area contributed by atoms with Crippen molar-refractivity contribution in [2.75, 3.05) is 64.4 Å². The molecule has 0 unspecified atom stereocenters. The molecule has 248 valence electrons. The zero-order chi connectivity index (χ0) is 33.7. The van der Waals surface area contributed by atoms with E-state index in [9.17, 15) is 15.6 Å². The molecule has 10 nitrogen and oxygen atoms in total. The van der Waals surface area contributed by atoms with Crippen LogP contribution in [0.3, 0.4) is 0 Å². The Morgan fingerprint density at radius 3 is 1.36 bits per heavy atom. The number of phenolic OH excluding ortho intramolecular Hbond substituents is 1. The number of anilines is 2. The van der Waals surface area contributed by atoms with Gasteiger partial charge in [-0.05, 0) is 38.5 Å². The number of ether oxygens (including phenoxy) is 5. The molecule has 1 N–H and O–H groups in total. The largest absolute Gasteiger partial charge is 0.505 e. The fraction of sp³-hybridized carbons (Fsp3) is 0.429. The van der Waals surface area contributed by atoms with Crippen molar-refractivity contribution in [3.8, 4) is 46.6 Å². The molecular weight excluding hydrogens is 643 g/mol. The molecule has 2 saturated heterocycles. The van der Waals surface area contributed by atoms with Crippen LogP contribution in [0.15, 0.2) is 24.3 Å². The van der Waals surface area contributed by atoms with E-state index in [0.29, 0.717) is 34.1 Å². The lowest BCUT2D eigenvalue weighted by Crippen LogP contribution is -2.29. The predicted molar refractivity (Wildman–Crippen MR) is 181 cm³/mol. The van der Waals surface area contributed by atoms with Crippen LogP contribution in [-0.4, -0.2) is 59.7 Å². The maximum absolute atomic E-state index is 10.6. The fourth-order valence-corrected chi connectivity index (χ4v) is 6.81. The Hall–Kier alpha value is -4.38. The maximum Gasteiger partial charge on any atom is 0.163 e. The molecular formula is C35H38Cl2N4O6. The van der Waals surface area contributed by atoms with E-state index >= 15 is 0 Å². The number of aromatic hydroxyl groups is 1. The van der Waals surface area contributed by atoms with Crippen molar-refractivity contribution in [3.05, 3.63) is 56.6 Å². The smallest absolute Gasteiger partial charge is 0.163 e. The Kier molecular flexibility index (Phi) is 10.9. The first-order valence-corrected chi connectivity index (χ1v) is 16.3. The van der Waals surface area contributed by atoms with Crippen LogP contribution in [0.25, 0.3) is 0 Å². The summed E-state index contributed by atoms with van der Waals surface area (Å²) >= 11 is 13.0. The maximum atomic E-state index is 10.6. The standard InChI is InChI=1S/C35H38Cl2N4O6/c1-43-25-15-21(40-11-7-5-8-12-40)16-26(44-2)29(25)35(47-34-24(20-39)23(19-38)33(42)31(36)32(34)37)30-27(45-3)17-22(18-28(30)46-4)41-13-9-6-10-14-41/h15-18,35,42H,5-14H2,1-4H3. The van der Waals surface area contributed by atoms with Gasteiger partial charge in [0.05, 0.1) is 39.6 Å². The van der Waals surface area contributed by atoms with Gasteiger partial charge in [-0.1, -0.05) is 23.2 Å². The summed E-state index contributed by atoms with van der Waals surface area (Å²) in [7, 11) is 6.23. The molecule has 0 aromatic heterocycles. The Bertz CT molecular complexity index is 1580. The van der Waals surface area contributed by atoms with Crippen molar-refractivity contribution in [1.82, 2.24) is 0 Å². The second kappa shape index (κ2) is 15.0. The van der Waals surface area contributed by atoms with Crippen LogP contribution in [0.4, 0.5) is 11.4 Å². The number of nitrogens with zero attached hydrogens (tertiary/aromatic N) is 4. The van der Waals surface area contributed by atoms with Gasteiger partial charge in [-0.2, -0.15) is 10.5 Å². The quantitative estimate of drug-likeness (QED) is 0.229. The molecule has 0 saturated carbocycles. The van der Waals surface area contributed by atoms with Gasteiger partial charge < -0.3 is 38.6 Å². The van der Waals surface area contributed by atoms with Crippen LogP contribution < -0.4 is 33.5 Å². The summed E-state index contributed by atoms with van der Waals surface area (Å²) in [5, 5.41) is 30.1. The molecule has 2 aliphatic rings. The molecule has 0 atom stereocenters. The molecule has 2 heterocycles. The number of rotatable bonds is 10. The average molecular weight is 682 g/mol. The summed E-state index contributed by atoms with van der Waals surface area (Å²) < 4.78 is 30.7. The summed E-state index contributed by atoms with van der Waals surface area (Å²) in [6.07, 6.45) is 5.53. The van der Waals surface area contributed by atoms with Crippen LogP contribution in [0.1, 0.15) is 66.9 Å². The minimum Gasteiger partial charge on any atom is -0.505 e. The number of methoxy groups -OCH3 is 4. The summed E-state index contributed by atoms with van der Waals surface area (Å²) in [6, 6.07) is 11.5. The summed E-state index contributed by atoms with van der Waals surface area (Å²) in [6.45, 7) is 3.59. The van der Waals surface area contributed by atoms with E-state index in [-0.39, 0.29) is 26.9 Å². The first-order valence-electron chi connectivity index (χ1n) is 15.5. The van der Waals surface area contributed by atoms with E-state index in [1.165, 1.54) is 12.8 Å². The molecule has 2 fully saturated rings. The second-order valence-electron chi connectivity index (χ2n) is 11.4. The highest BCUT2D eigenvalue weighted by Crippen LogP contribution is 2.52. The van der Waals surface area contributed by atoms with Gasteiger partial charge in [-0.25, -0.2) is 0 Å². The van der Waals surface area contributed by atoms with E-state index < -0.39 is 11.9 Å². The summed E-state index contributed by atoms with van der Waals surface area (Å²) in [4.78, 5) is 4.57. The topological polar surface area (TPSA) is 120 Å². The monoisotopic (exact) mass is 680 g/mol. The number of hydrogen-bond donors (Lipinski definition) is 1. The van der Waals surface area contributed by atoms with Gasteiger partial charge in [0.2, 0.25) is 0 Å². The molecule has 3 aromatic rings. The van der Waals surface area contributed by atoms with Crippen LogP contribution in [0.2, 0.25) is 10.0 Å². The third-order valence-corrected chi connectivity index (χ3v) is 9.62. The zero-order valence-corrected chi connectivity index (χ0v) is 28.5. The van der Waals surface area contributed by atoms with Crippen molar-refractivity contribution in [2.45, 2.75) is 44.6 Å². The van der Waals surface area contributed by atoms with Gasteiger partial charge >= 0.3 is 0 Å². The van der Waals surface area contributed by atoms with E-state index in [1.54, 1.807) is 28.4 Å². The molecule has 0 amide bonds. The molecule has 0 radical (unpaired) electrons. The zero-order valence-electron chi connectivity index (χ0n) is 27.0. The highest BCUT2D eigenvalue weighted by molar-refractivity contribution is 6.44. The number of piperidine rings is 2. The minimum absolute atomic E-state index is 0.202. The van der Waals surface area contributed by atoms with Crippen LogP contribution >= 0.6 is 23.2 Å². The number of phenols is 1. The first kappa shape index (κ1) is 34.0. The van der Waals surface area contributed by atoms with E-state index in [0.717, 1.165) is 63.2 Å². The van der Waals surface area contributed by atoms with Gasteiger partial charge in [0, 0.05) is 61.8 Å². The molecule has 5 rings (SSSR count). The van der Waals surface area contributed by atoms with Gasteiger partial charge in [-0.15, -0.1) is 0 Å². The molecule has 12 heteroatoms. The Morgan fingerprint density at radius 2 is 1.02 bits per heavy atom. The van der Waals surface area contributed by atoms with Crippen molar-refractivity contribution < 1.29 is 28.8 Å². The second-order valence-corrected chi connectivity index (χ2v) is 12.2. The lowest BCUT2D eigenvalue weighted by molar-refractivity contribution is 0.221. The molecule has 0 spiro atoms. The van der Waals surface area contributed by atoms with Crippen LogP contribution in [-0.2, 0) is 0 Å². The minimum atomic E-state index is -1.13. The normalized spacial score (nSPS) is 14.7. The van der Waals surface area contributed by atoms with Crippen molar-refractivity contribution >= 4 is 34.6 Å². The number of halogens is 2. The van der Waals surface area contributed by atoms with Crippen molar-refractivity contribution in [3.63, 3.8) is 0 Å². The molecule has 0 aliphatic carbocycles. The SMILES string of the molecule is COc1cc(N2CCCCC2)cc(OC)c1C(Oc1c(Cl)c(Cl)c(O)c(C#N)c1C#N)c1c(OC)cc(N2CCCCC2)cc1OC. The van der Waals surface area contributed by atoms with Gasteiger partial charge in [0.25, 0.3) is 0 Å². The third-order valence-electron chi connectivity index (χ3n) is 8.80. The van der Waals surface area contributed by atoms with Crippen LogP contribution in [0, 0.1) is 22.7 Å². The van der Waals surface area contributed by atoms with Crippen LogP contribution in [0.5, 0.6) is 34.5 Å². The van der Waals surface area contributed by atoms with E-state index in [4.69, 9.17) is 46.9 Å². The predicted octanol–water partition coefficient (Wildman–Crippen LogP) is 7.63. The highest BCUT2D eigenvalue weighted by Gasteiger charge is 2.35. The Morgan fingerprint density at radius 1 is 0.638 bits per heavy atom. The number of benzene rings is 3. The average Bonchev–Trinajstić information content (AvgIpc) is 3.13. The number of hydrogen-bond acceptors (Lipinski definition) is 10. The van der Waals surface area contributed by atoms with Gasteiger partial charge in [0.15, 0.2) is 17.6 Å². The van der Waals surface area contributed by atoms with E-state index in [1.807, 2.05) is 36.4 Å². The van der Waals surface area contributed by atoms with Gasteiger partial charge in [-0.3, -0.25) is 0 Å². The van der Waals surface area contributed by atoms with Crippen molar-refractivity contribution in [2.24, 2.45) is 0 Å². The third kappa shape index (κ3) is 6.58.